The van der Waals surface area contributed by atoms with Gasteiger partial charge in [-0.15, -0.1) is 0 Å². The van der Waals surface area contributed by atoms with Crippen LogP contribution in [0.15, 0.2) is 18.2 Å². The fourth-order valence-corrected chi connectivity index (χ4v) is 3.49. The third-order valence-electron chi connectivity index (χ3n) is 4.79. The Balaban J connectivity index is 1.91. The van der Waals surface area contributed by atoms with Crippen molar-refractivity contribution in [3.63, 3.8) is 0 Å². The zero-order valence-corrected chi connectivity index (χ0v) is 14.3. The minimum atomic E-state index is 1.10. The Bertz CT molecular complexity index is 621. The van der Waals surface area contributed by atoms with Crippen LogP contribution in [0, 0.1) is 6.92 Å². The third kappa shape index (κ3) is 3.53. The molecule has 22 heavy (non-hydrogen) atoms. The summed E-state index contributed by atoms with van der Waals surface area (Å²) in [6, 6.07) is 6.80. The summed E-state index contributed by atoms with van der Waals surface area (Å²) in [5.41, 5.74) is 5.61. The van der Waals surface area contributed by atoms with Crippen LogP contribution in [0.5, 0.6) is 0 Å². The van der Waals surface area contributed by atoms with Gasteiger partial charge in [-0.25, -0.2) is 0 Å². The Morgan fingerprint density at radius 2 is 1.91 bits per heavy atom. The lowest BCUT2D eigenvalue weighted by Crippen LogP contribution is -2.29. The Hall–Kier alpha value is -1.32. The molecule has 1 saturated heterocycles. The number of nitrogens with one attached hydrogen (secondary N) is 1. The Kier molecular flexibility index (Phi) is 4.84. The second-order valence-corrected chi connectivity index (χ2v) is 7.02. The Morgan fingerprint density at radius 3 is 2.64 bits per heavy atom. The van der Waals surface area contributed by atoms with Gasteiger partial charge < -0.3 is 9.88 Å². The fourth-order valence-electron chi connectivity index (χ4n) is 3.49. The SMILES string of the molecule is Cc1ccc2[nH]c(CCN(C)C)c(CN3CCCCC3)c2c1. The molecule has 1 N–H and O–H groups in total. The number of aromatic nitrogens is 1. The Morgan fingerprint density at radius 1 is 1.14 bits per heavy atom. The van der Waals surface area contributed by atoms with Gasteiger partial charge in [-0.2, -0.15) is 0 Å². The van der Waals surface area contributed by atoms with Crippen molar-refractivity contribution in [2.75, 3.05) is 33.7 Å². The van der Waals surface area contributed by atoms with E-state index in [1.807, 2.05) is 0 Å². The largest absolute Gasteiger partial charge is 0.358 e. The number of aromatic amines is 1. The van der Waals surface area contributed by atoms with Crippen LogP contribution >= 0.6 is 0 Å². The number of nitrogens with zero attached hydrogens (tertiary/aromatic N) is 2. The second kappa shape index (κ2) is 6.84. The van der Waals surface area contributed by atoms with E-state index in [1.165, 1.54) is 60.1 Å². The molecule has 1 aromatic carbocycles. The van der Waals surface area contributed by atoms with E-state index in [0.29, 0.717) is 0 Å². The van der Waals surface area contributed by atoms with Crippen LogP contribution in [-0.2, 0) is 13.0 Å². The summed E-state index contributed by atoms with van der Waals surface area (Å²) in [5.74, 6) is 0. The first kappa shape index (κ1) is 15.6. The molecule has 3 nitrogen and oxygen atoms in total. The van der Waals surface area contributed by atoms with Crippen molar-refractivity contribution in [2.24, 2.45) is 0 Å². The van der Waals surface area contributed by atoms with Crippen molar-refractivity contribution in [1.29, 1.82) is 0 Å². The Labute approximate surface area is 134 Å². The minimum absolute atomic E-state index is 1.10. The molecule has 3 heteroatoms. The number of aryl methyl sites for hydroxylation is 1. The van der Waals surface area contributed by atoms with Gasteiger partial charge in [0.05, 0.1) is 0 Å². The van der Waals surface area contributed by atoms with Crippen LogP contribution in [-0.4, -0.2) is 48.5 Å². The standard InChI is InChI=1S/C19H29N3/c1-15-7-8-18-16(13-15)17(14-22-10-5-4-6-11-22)19(20-18)9-12-21(2)3/h7-8,13,20H,4-6,9-12,14H2,1-3H3. The number of hydrogen-bond donors (Lipinski definition) is 1. The van der Waals surface area contributed by atoms with Crippen molar-refractivity contribution < 1.29 is 0 Å². The maximum Gasteiger partial charge on any atom is 0.0459 e. The van der Waals surface area contributed by atoms with Crippen molar-refractivity contribution in [3.05, 3.63) is 35.0 Å². The van der Waals surface area contributed by atoms with E-state index >= 15 is 0 Å². The number of piperidine rings is 1. The zero-order valence-electron chi connectivity index (χ0n) is 14.3. The summed E-state index contributed by atoms with van der Waals surface area (Å²) in [5, 5.41) is 1.43. The first-order valence-electron chi connectivity index (χ1n) is 8.60. The van der Waals surface area contributed by atoms with Crippen molar-refractivity contribution >= 4 is 10.9 Å². The number of hydrogen-bond acceptors (Lipinski definition) is 2. The molecule has 0 unspecified atom stereocenters. The van der Waals surface area contributed by atoms with Crippen molar-refractivity contribution in [2.45, 2.75) is 39.2 Å². The summed E-state index contributed by atoms with van der Waals surface area (Å²) in [7, 11) is 4.30. The molecular weight excluding hydrogens is 270 g/mol. The first-order chi connectivity index (χ1) is 10.6. The molecule has 0 atom stereocenters. The van der Waals surface area contributed by atoms with Gasteiger partial charge in [-0.05, 0) is 64.6 Å². The van der Waals surface area contributed by atoms with Gasteiger partial charge >= 0.3 is 0 Å². The lowest BCUT2D eigenvalue weighted by atomic mass is 10.0. The molecule has 2 heterocycles. The maximum absolute atomic E-state index is 3.68. The van der Waals surface area contributed by atoms with Gasteiger partial charge in [0.25, 0.3) is 0 Å². The highest BCUT2D eigenvalue weighted by molar-refractivity contribution is 5.85. The third-order valence-corrected chi connectivity index (χ3v) is 4.79. The van der Waals surface area contributed by atoms with Gasteiger partial charge in [-0.1, -0.05) is 18.1 Å². The predicted octanol–water partition coefficient (Wildman–Crippen LogP) is 3.57. The summed E-state index contributed by atoms with van der Waals surface area (Å²) in [6.45, 7) is 6.90. The number of H-pyrrole nitrogens is 1. The monoisotopic (exact) mass is 299 g/mol. The van der Waals surface area contributed by atoms with E-state index in [9.17, 15) is 0 Å². The predicted molar refractivity (Wildman–Crippen MR) is 94.4 cm³/mol. The highest BCUT2D eigenvalue weighted by Crippen LogP contribution is 2.26. The summed E-state index contributed by atoms with van der Waals surface area (Å²) >= 11 is 0. The maximum atomic E-state index is 3.68. The van der Waals surface area contributed by atoms with E-state index < -0.39 is 0 Å². The average Bonchev–Trinajstić information content (AvgIpc) is 2.84. The van der Waals surface area contributed by atoms with Crippen LogP contribution in [0.4, 0.5) is 0 Å². The van der Waals surface area contributed by atoms with Crippen LogP contribution < -0.4 is 0 Å². The van der Waals surface area contributed by atoms with Gasteiger partial charge in [0, 0.05) is 36.1 Å². The van der Waals surface area contributed by atoms with E-state index in [1.54, 1.807) is 0 Å². The lowest BCUT2D eigenvalue weighted by molar-refractivity contribution is 0.221. The van der Waals surface area contributed by atoms with Crippen molar-refractivity contribution in [1.82, 2.24) is 14.8 Å². The highest BCUT2D eigenvalue weighted by atomic mass is 15.1. The number of benzene rings is 1. The molecule has 0 aliphatic carbocycles. The van der Waals surface area contributed by atoms with E-state index in [0.717, 1.165) is 19.5 Å². The van der Waals surface area contributed by atoms with E-state index in [-0.39, 0.29) is 0 Å². The molecular formula is C19H29N3. The fraction of sp³-hybridized carbons (Fsp3) is 0.579. The van der Waals surface area contributed by atoms with Gasteiger partial charge in [-0.3, -0.25) is 4.90 Å². The highest BCUT2D eigenvalue weighted by Gasteiger charge is 2.17. The number of likely N-dealkylation sites (N-methyl/N-ethyl adjacent to an activating group) is 1. The van der Waals surface area contributed by atoms with E-state index in [4.69, 9.17) is 0 Å². The normalized spacial score (nSPS) is 16.7. The minimum Gasteiger partial charge on any atom is -0.358 e. The van der Waals surface area contributed by atoms with E-state index in [2.05, 4.69) is 54.0 Å². The molecule has 0 bridgehead atoms. The lowest BCUT2D eigenvalue weighted by Gasteiger charge is -2.26. The molecule has 0 amide bonds. The van der Waals surface area contributed by atoms with Gasteiger partial charge in [0.15, 0.2) is 0 Å². The van der Waals surface area contributed by atoms with Crippen LogP contribution in [0.1, 0.15) is 36.1 Å². The van der Waals surface area contributed by atoms with Crippen molar-refractivity contribution in [3.8, 4) is 0 Å². The van der Waals surface area contributed by atoms with Crippen LogP contribution in [0.25, 0.3) is 10.9 Å². The van der Waals surface area contributed by atoms with Gasteiger partial charge in [0.2, 0.25) is 0 Å². The molecule has 1 aromatic heterocycles. The molecule has 0 saturated carbocycles. The molecule has 1 fully saturated rings. The molecule has 1 aliphatic heterocycles. The zero-order chi connectivity index (χ0) is 15.5. The molecule has 1 aliphatic rings. The molecule has 0 radical (unpaired) electrons. The average molecular weight is 299 g/mol. The quantitative estimate of drug-likeness (QED) is 0.912. The summed E-state index contributed by atoms with van der Waals surface area (Å²) in [4.78, 5) is 8.58. The summed E-state index contributed by atoms with van der Waals surface area (Å²) < 4.78 is 0. The molecule has 0 spiro atoms. The smallest absolute Gasteiger partial charge is 0.0459 e. The molecule has 3 rings (SSSR count). The first-order valence-corrected chi connectivity index (χ1v) is 8.60. The molecule has 2 aromatic rings. The topological polar surface area (TPSA) is 22.3 Å². The number of likely N-dealkylation sites (tertiary alicyclic amines) is 1. The van der Waals surface area contributed by atoms with Gasteiger partial charge in [0.1, 0.15) is 0 Å². The molecule has 120 valence electrons. The number of fused-ring (bicyclic) bond motifs is 1. The number of rotatable bonds is 5. The second-order valence-electron chi connectivity index (χ2n) is 7.02. The van der Waals surface area contributed by atoms with Crippen LogP contribution in [0.2, 0.25) is 0 Å². The summed E-state index contributed by atoms with van der Waals surface area (Å²) in [6.07, 6.45) is 5.21. The van der Waals surface area contributed by atoms with Crippen LogP contribution in [0.3, 0.4) is 0 Å².